The maximum absolute atomic E-state index is 14.5. The monoisotopic (exact) mass is 587 g/mol. The molecule has 0 bridgehead atoms. The Bertz CT molecular complexity index is 1790. The average molecular weight is 588 g/mol. The molecule has 2 aromatic heterocycles. The molecule has 1 fully saturated rings. The lowest BCUT2D eigenvalue weighted by atomic mass is 9.86. The molecule has 4 heterocycles. The Hall–Kier alpha value is -3.88. The number of carbonyl (C=O) groups excluding carboxylic acids is 2. The topological polar surface area (TPSA) is 89.3 Å². The van der Waals surface area contributed by atoms with Crippen molar-refractivity contribution in [1.82, 2.24) is 14.5 Å². The number of benzene rings is 2. The van der Waals surface area contributed by atoms with Crippen molar-refractivity contribution in [2.75, 3.05) is 17.3 Å². The van der Waals surface area contributed by atoms with Gasteiger partial charge >= 0.3 is 0 Å². The lowest BCUT2D eigenvalue weighted by Crippen LogP contribution is -2.51. The number of amides is 2. The summed E-state index contributed by atoms with van der Waals surface area (Å²) in [5.41, 5.74) is 3.24. The maximum Gasteiger partial charge on any atom is 0.280 e. The summed E-state index contributed by atoms with van der Waals surface area (Å²) in [6.45, 7) is 5.90. The van der Waals surface area contributed by atoms with E-state index in [0.717, 1.165) is 24.1 Å². The minimum atomic E-state index is -1.55. The molecule has 0 radical (unpaired) electrons. The highest BCUT2D eigenvalue weighted by molar-refractivity contribution is 6.32. The Kier molecular flexibility index (Phi) is 5.76. The van der Waals surface area contributed by atoms with E-state index in [1.165, 1.54) is 4.90 Å². The third-order valence-corrected chi connectivity index (χ3v) is 8.69. The number of hydrogen-bond donors (Lipinski definition) is 1. The zero-order valence-electron chi connectivity index (χ0n) is 23.0. The number of nitrogens with one attached hydrogen (secondary N) is 1. The van der Waals surface area contributed by atoms with Crippen LogP contribution in [0.1, 0.15) is 71.7 Å². The molecule has 4 aromatic rings. The van der Waals surface area contributed by atoms with Crippen molar-refractivity contribution in [1.29, 1.82) is 0 Å². The van der Waals surface area contributed by atoms with Gasteiger partial charge in [-0.15, -0.1) is 0 Å². The Morgan fingerprint density at radius 2 is 1.80 bits per heavy atom. The standard InChI is InChI=1S/C31H27Cl2N5O3/c1-15(2)37-27-26(36-28(37)20-14-34-22(17-6-7-17)13-25(20)41-4)29(39)38(24-12-19(33)8-5-16(24)3)31(27)21-10-9-18(32)11-23(21)35-30(31)40/h5,8-15,17H,6-7H2,1-4H3,(H,35,40). The van der Waals surface area contributed by atoms with Crippen molar-refractivity contribution < 1.29 is 14.3 Å². The molecule has 10 heteroatoms. The van der Waals surface area contributed by atoms with Crippen molar-refractivity contribution in [3.63, 3.8) is 0 Å². The van der Waals surface area contributed by atoms with Crippen LogP contribution in [0.15, 0.2) is 48.7 Å². The zero-order chi connectivity index (χ0) is 28.8. The predicted octanol–water partition coefficient (Wildman–Crippen LogP) is 6.88. The van der Waals surface area contributed by atoms with Gasteiger partial charge in [0.25, 0.3) is 11.8 Å². The van der Waals surface area contributed by atoms with Gasteiger partial charge in [0, 0.05) is 51.2 Å². The van der Waals surface area contributed by atoms with E-state index in [1.807, 2.05) is 37.5 Å². The lowest BCUT2D eigenvalue weighted by Gasteiger charge is -2.36. The van der Waals surface area contributed by atoms with E-state index in [1.54, 1.807) is 43.6 Å². The highest BCUT2D eigenvalue weighted by atomic mass is 35.5. The molecule has 208 valence electrons. The van der Waals surface area contributed by atoms with Gasteiger partial charge in [-0.25, -0.2) is 4.98 Å². The van der Waals surface area contributed by atoms with Gasteiger partial charge in [0.2, 0.25) is 0 Å². The van der Waals surface area contributed by atoms with Crippen molar-refractivity contribution in [2.45, 2.75) is 51.1 Å². The number of methoxy groups -OCH3 is 1. The molecule has 0 saturated heterocycles. The van der Waals surface area contributed by atoms with E-state index in [9.17, 15) is 9.59 Å². The first-order valence-corrected chi connectivity index (χ1v) is 14.3. The highest BCUT2D eigenvalue weighted by Crippen LogP contribution is 2.55. The summed E-state index contributed by atoms with van der Waals surface area (Å²) in [6.07, 6.45) is 3.98. The number of imidazole rings is 1. The number of fused-ring (bicyclic) bond motifs is 4. The van der Waals surface area contributed by atoms with Crippen LogP contribution in [0.25, 0.3) is 11.4 Å². The summed E-state index contributed by atoms with van der Waals surface area (Å²) in [5.74, 6) is 0.813. The van der Waals surface area contributed by atoms with Crippen LogP contribution in [-0.4, -0.2) is 33.5 Å². The van der Waals surface area contributed by atoms with Crippen LogP contribution in [0.2, 0.25) is 10.0 Å². The third kappa shape index (κ3) is 3.60. The molecular formula is C31H27Cl2N5O3. The second-order valence-corrected chi connectivity index (χ2v) is 12.0. The van der Waals surface area contributed by atoms with Crippen LogP contribution in [0.3, 0.4) is 0 Å². The van der Waals surface area contributed by atoms with E-state index in [2.05, 4.69) is 5.32 Å². The van der Waals surface area contributed by atoms with Gasteiger partial charge in [0.1, 0.15) is 11.6 Å². The van der Waals surface area contributed by atoms with E-state index in [4.69, 9.17) is 37.9 Å². The van der Waals surface area contributed by atoms with Gasteiger partial charge in [-0.2, -0.15) is 0 Å². The molecule has 2 amide bonds. The Morgan fingerprint density at radius 3 is 2.51 bits per heavy atom. The quantitative estimate of drug-likeness (QED) is 0.275. The van der Waals surface area contributed by atoms with E-state index < -0.39 is 11.4 Å². The highest BCUT2D eigenvalue weighted by Gasteiger charge is 2.64. The van der Waals surface area contributed by atoms with Crippen LogP contribution in [-0.2, 0) is 10.3 Å². The van der Waals surface area contributed by atoms with Gasteiger partial charge < -0.3 is 14.6 Å². The SMILES string of the molecule is COc1cc(C2CC2)ncc1-c1nc2c(n1C(C)C)C1(C(=O)Nc3cc(Cl)ccc31)N(c1cc(Cl)ccc1C)C2=O. The minimum Gasteiger partial charge on any atom is -0.496 e. The largest absolute Gasteiger partial charge is 0.496 e. The third-order valence-electron chi connectivity index (χ3n) is 8.22. The molecule has 2 aromatic carbocycles. The molecule has 1 aliphatic carbocycles. The maximum atomic E-state index is 14.5. The van der Waals surface area contributed by atoms with Crippen LogP contribution >= 0.6 is 23.2 Å². The molecule has 1 spiro atoms. The summed E-state index contributed by atoms with van der Waals surface area (Å²) in [4.78, 5) is 40.1. The zero-order valence-corrected chi connectivity index (χ0v) is 24.5. The minimum absolute atomic E-state index is 0.178. The van der Waals surface area contributed by atoms with Gasteiger partial charge in [-0.1, -0.05) is 35.3 Å². The number of aromatic nitrogens is 3. The fourth-order valence-corrected chi connectivity index (χ4v) is 6.56. The molecule has 8 nitrogen and oxygen atoms in total. The van der Waals surface area contributed by atoms with Crippen molar-refractivity contribution in [3.05, 3.63) is 86.9 Å². The van der Waals surface area contributed by atoms with Crippen molar-refractivity contribution >= 4 is 46.4 Å². The average Bonchev–Trinajstić information content (AvgIpc) is 3.59. The first-order valence-electron chi connectivity index (χ1n) is 13.6. The molecule has 2 aliphatic heterocycles. The second-order valence-electron chi connectivity index (χ2n) is 11.1. The predicted molar refractivity (Wildman–Crippen MR) is 158 cm³/mol. The summed E-state index contributed by atoms with van der Waals surface area (Å²) >= 11 is 12.8. The fraction of sp³-hybridized carbons (Fsp3) is 0.290. The van der Waals surface area contributed by atoms with Crippen molar-refractivity contribution in [2.24, 2.45) is 0 Å². The van der Waals surface area contributed by atoms with Gasteiger partial charge in [-0.3, -0.25) is 19.5 Å². The number of halogens is 2. The summed E-state index contributed by atoms with van der Waals surface area (Å²) in [7, 11) is 1.62. The van der Waals surface area contributed by atoms with Crippen molar-refractivity contribution in [3.8, 4) is 17.1 Å². The van der Waals surface area contributed by atoms with E-state index in [0.29, 0.717) is 55.7 Å². The molecule has 7 rings (SSSR count). The lowest BCUT2D eigenvalue weighted by molar-refractivity contribution is -0.119. The number of pyridine rings is 1. The second kappa shape index (κ2) is 9.06. The number of hydrogen-bond acceptors (Lipinski definition) is 5. The molecule has 41 heavy (non-hydrogen) atoms. The fourth-order valence-electron chi connectivity index (χ4n) is 6.22. The number of rotatable bonds is 5. The van der Waals surface area contributed by atoms with E-state index in [-0.39, 0.29) is 17.6 Å². The van der Waals surface area contributed by atoms with Gasteiger partial charge in [0.05, 0.1) is 24.1 Å². The van der Waals surface area contributed by atoms with Gasteiger partial charge in [-0.05, 0) is 63.4 Å². The first-order chi connectivity index (χ1) is 19.7. The summed E-state index contributed by atoms with van der Waals surface area (Å²) in [6, 6.07) is 12.3. The Labute approximate surface area is 247 Å². The number of anilines is 2. The Morgan fingerprint density at radius 1 is 1.07 bits per heavy atom. The molecule has 1 saturated carbocycles. The summed E-state index contributed by atoms with van der Waals surface area (Å²) in [5, 5.41) is 3.93. The van der Waals surface area contributed by atoms with Crippen LogP contribution in [0, 0.1) is 6.92 Å². The normalized spacial score (nSPS) is 19.2. The number of ether oxygens (including phenoxy) is 1. The molecule has 1 N–H and O–H groups in total. The Balaban J connectivity index is 1.55. The van der Waals surface area contributed by atoms with E-state index >= 15 is 0 Å². The number of aryl methyl sites for hydroxylation is 1. The molecular weight excluding hydrogens is 561 g/mol. The number of nitrogens with zero attached hydrogens (tertiary/aromatic N) is 4. The smallest absolute Gasteiger partial charge is 0.280 e. The van der Waals surface area contributed by atoms with Crippen LogP contribution in [0.4, 0.5) is 11.4 Å². The first kappa shape index (κ1) is 26.0. The summed E-state index contributed by atoms with van der Waals surface area (Å²) < 4.78 is 7.78. The van der Waals surface area contributed by atoms with Crippen LogP contribution < -0.4 is 15.0 Å². The van der Waals surface area contributed by atoms with Gasteiger partial charge in [0.15, 0.2) is 11.2 Å². The molecule has 1 unspecified atom stereocenters. The number of carbonyl (C=O) groups is 2. The molecule has 1 atom stereocenters. The molecule has 3 aliphatic rings. The van der Waals surface area contributed by atoms with Crippen LogP contribution in [0.5, 0.6) is 5.75 Å².